The molecule has 3 nitrogen and oxygen atoms in total. The number of rotatable bonds is 3. The molecule has 0 heterocycles. The van der Waals surface area contributed by atoms with Crippen molar-refractivity contribution in [3.63, 3.8) is 0 Å². The Hall–Kier alpha value is -0.850. The van der Waals surface area contributed by atoms with E-state index in [1.54, 1.807) is 18.2 Å². The third-order valence-electron chi connectivity index (χ3n) is 2.90. The number of hydrogen-bond acceptors (Lipinski definition) is 2. The SMILES string of the molecule is Cc1cccc(C)c1NS(=O)(=O)c1cc(Br)ccc1Br. The van der Waals surface area contributed by atoms with E-state index < -0.39 is 10.0 Å². The van der Waals surface area contributed by atoms with E-state index in [0.29, 0.717) is 14.6 Å². The van der Waals surface area contributed by atoms with Gasteiger partial charge in [-0.3, -0.25) is 4.72 Å². The van der Waals surface area contributed by atoms with Crippen molar-refractivity contribution >= 4 is 47.6 Å². The maximum absolute atomic E-state index is 12.5. The molecule has 0 saturated carbocycles. The van der Waals surface area contributed by atoms with Gasteiger partial charge in [0, 0.05) is 8.95 Å². The van der Waals surface area contributed by atoms with E-state index in [1.807, 2.05) is 32.0 Å². The van der Waals surface area contributed by atoms with Gasteiger partial charge in [0.25, 0.3) is 10.0 Å². The first-order valence-electron chi connectivity index (χ1n) is 5.85. The molecular formula is C14H13Br2NO2S. The summed E-state index contributed by atoms with van der Waals surface area (Å²) in [6.45, 7) is 3.75. The van der Waals surface area contributed by atoms with Gasteiger partial charge in [-0.05, 0) is 59.1 Å². The van der Waals surface area contributed by atoms with Crippen LogP contribution < -0.4 is 4.72 Å². The minimum absolute atomic E-state index is 0.203. The van der Waals surface area contributed by atoms with Crippen molar-refractivity contribution in [1.29, 1.82) is 0 Å². The first-order chi connectivity index (χ1) is 9.31. The number of hydrogen-bond donors (Lipinski definition) is 1. The maximum atomic E-state index is 12.5. The third-order valence-corrected chi connectivity index (χ3v) is 5.74. The second-order valence-electron chi connectivity index (χ2n) is 4.45. The van der Waals surface area contributed by atoms with Gasteiger partial charge < -0.3 is 0 Å². The molecule has 0 spiro atoms. The van der Waals surface area contributed by atoms with Crippen LogP contribution in [-0.2, 0) is 10.0 Å². The molecule has 0 atom stereocenters. The van der Waals surface area contributed by atoms with Crippen molar-refractivity contribution in [2.75, 3.05) is 4.72 Å². The highest BCUT2D eigenvalue weighted by molar-refractivity contribution is 9.11. The fraction of sp³-hybridized carbons (Fsp3) is 0.143. The largest absolute Gasteiger partial charge is 0.279 e. The number of aryl methyl sites for hydroxylation is 2. The number of para-hydroxylation sites is 1. The molecule has 20 heavy (non-hydrogen) atoms. The van der Waals surface area contributed by atoms with Crippen LogP contribution in [0, 0.1) is 13.8 Å². The maximum Gasteiger partial charge on any atom is 0.263 e. The Morgan fingerprint density at radius 2 is 1.60 bits per heavy atom. The minimum Gasteiger partial charge on any atom is -0.279 e. The fourth-order valence-electron chi connectivity index (χ4n) is 1.85. The molecule has 0 aliphatic heterocycles. The average Bonchev–Trinajstić information content (AvgIpc) is 2.37. The van der Waals surface area contributed by atoms with E-state index in [2.05, 4.69) is 36.6 Å². The highest BCUT2D eigenvalue weighted by Crippen LogP contribution is 2.29. The van der Waals surface area contributed by atoms with Crippen molar-refractivity contribution in [1.82, 2.24) is 0 Å². The van der Waals surface area contributed by atoms with Crippen LogP contribution in [0.3, 0.4) is 0 Å². The molecular weight excluding hydrogens is 406 g/mol. The number of nitrogens with one attached hydrogen (secondary N) is 1. The van der Waals surface area contributed by atoms with E-state index in [9.17, 15) is 8.42 Å². The van der Waals surface area contributed by atoms with Gasteiger partial charge in [-0.15, -0.1) is 0 Å². The lowest BCUT2D eigenvalue weighted by Crippen LogP contribution is -2.15. The summed E-state index contributed by atoms with van der Waals surface area (Å²) in [5.74, 6) is 0. The first-order valence-corrected chi connectivity index (χ1v) is 8.92. The van der Waals surface area contributed by atoms with Gasteiger partial charge in [-0.25, -0.2) is 8.42 Å². The van der Waals surface area contributed by atoms with Crippen LogP contribution in [0.4, 0.5) is 5.69 Å². The van der Waals surface area contributed by atoms with E-state index in [4.69, 9.17) is 0 Å². The van der Waals surface area contributed by atoms with Crippen molar-refractivity contribution in [2.45, 2.75) is 18.7 Å². The number of halogens is 2. The monoisotopic (exact) mass is 417 g/mol. The van der Waals surface area contributed by atoms with Gasteiger partial charge in [0.05, 0.1) is 5.69 Å². The zero-order chi connectivity index (χ0) is 14.9. The molecule has 2 rings (SSSR count). The van der Waals surface area contributed by atoms with E-state index >= 15 is 0 Å². The number of anilines is 1. The predicted molar refractivity (Wildman–Crippen MR) is 88.6 cm³/mol. The van der Waals surface area contributed by atoms with Gasteiger partial charge in [0.1, 0.15) is 4.90 Å². The van der Waals surface area contributed by atoms with Crippen LogP contribution >= 0.6 is 31.9 Å². The highest BCUT2D eigenvalue weighted by Gasteiger charge is 2.19. The predicted octanol–water partition coefficient (Wildman–Crippen LogP) is 4.63. The lowest BCUT2D eigenvalue weighted by molar-refractivity contribution is 0.600. The van der Waals surface area contributed by atoms with Crippen molar-refractivity contribution in [3.05, 3.63) is 56.5 Å². The summed E-state index contributed by atoms with van der Waals surface area (Å²) in [7, 11) is -3.64. The molecule has 1 N–H and O–H groups in total. The summed E-state index contributed by atoms with van der Waals surface area (Å²) >= 11 is 6.57. The minimum atomic E-state index is -3.64. The van der Waals surface area contributed by atoms with Crippen LogP contribution in [0.1, 0.15) is 11.1 Å². The Kier molecular flexibility index (Phi) is 4.56. The van der Waals surface area contributed by atoms with E-state index in [1.165, 1.54) is 0 Å². The summed E-state index contributed by atoms with van der Waals surface area (Å²) in [4.78, 5) is 0.203. The summed E-state index contributed by atoms with van der Waals surface area (Å²) < 4.78 is 28.9. The lowest BCUT2D eigenvalue weighted by atomic mass is 10.1. The lowest BCUT2D eigenvalue weighted by Gasteiger charge is -2.14. The summed E-state index contributed by atoms with van der Waals surface area (Å²) in [6.07, 6.45) is 0. The quantitative estimate of drug-likeness (QED) is 0.789. The molecule has 0 aliphatic carbocycles. The molecule has 0 fully saturated rings. The first kappa shape index (κ1) is 15.5. The fourth-order valence-corrected chi connectivity index (χ4v) is 4.55. The molecule has 0 aromatic heterocycles. The Morgan fingerprint density at radius 3 is 2.20 bits per heavy atom. The van der Waals surface area contributed by atoms with Crippen LogP contribution in [0.2, 0.25) is 0 Å². The van der Waals surface area contributed by atoms with Crippen molar-refractivity contribution in [3.8, 4) is 0 Å². The average molecular weight is 419 g/mol. The zero-order valence-electron chi connectivity index (χ0n) is 10.9. The Balaban J connectivity index is 2.49. The van der Waals surface area contributed by atoms with Gasteiger partial charge in [0.15, 0.2) is 0 Å². The molecule has 2 aromatic carbocycles. The van der Waals surface area contributed by atoms with Gasteiger partial charge in [-0.2, -0.15) is 0 Å². The molecule has 106 valence electrons. The van der Waals surface area contributed by atoms with E-state index in [-0.39, 0.29) is 4.90 Å². The summed E-state index contributed by atoms with van der Waals surface area (Å²) in [5.41, 5.74) is 2.40. The van der Waals surface area contributed by atoms with E-state index in [0.717, 1.165) is 11.1 Å². The number of benzene rings is 2. The van der Waals surface area contributed by atoms with Crippen LogP contribution in [-0.4, -0.2) is 8.42 Å². The Labute approximate surface area is 135 Å². The molecule has 0 bridgehead atoms. The highest BCUT2D eigenvalue weighted by atomic mass is 79.9. The molecule has 2 aromatic rings. The summed E-state index contributed by atoms with van der Waals surface area (Å²) in [5, 5.41) is 0. The zero-order valence-corrected chi connectivity index (χ0v) is 14.9. The second kappa shape index (κ2) is 5.87. The molecule has 0 amide bonds. The van der Waals surface area contributed by atoms with Crippen molar-refractivity contribution in [2.24, 2.45) is 0 Å². The smallest absolute Gasteiger partial charge is 0.263 e. The number of sulfonamides is 1. The van der Waals surface area contributed by atoms with Gasteiger partial charge >= 0.3 is 0 Å². The third kappa shape index (κ3) is 3.24. The molecule has 6 heteroatoms. The Bertz CT molecular complexity index is 738. The van der Waals surface area contributed by atoms with Gasteiger partial charge in [-0.1, -0.05) is 34.1 Å². The molecule has 0 radical (unpaired) electrons. The van der Waals surface area contributed by atoms with Crippen molar-refractivity contribution < 1.29 is 8.42 Å². The molecule has 0 aliphatic rings. The molecule has 0 saturated heterocycles. The second-order valence-corrected chi connectivity index (χ2v) is 7.87. The normalized spacial score (nSPS) is 11.4. The van der Waals surface area contributed by atoms with Crippen LogP contribution in [0.5, 0.6) is 0 Å². The topological polar surface area (TPSA) is 46.2 Å². The Morgan fingerprint density at radius 1 is 1.00 bits per heavy atom. The van der Waals surface area contributed by atoms with Gasteiger partial charge in [0.2, 0.25) is 0 Å². The van der Waals surface area contributed by atoms with Crippen LogP contribution in [0.15, 0.2) is 50.2 Å². The van der Waals surface area contributed by atoms with Crippen LogP contribution in [0.25, 0.3) is 0 Å². The summed E-state index contributed by atoms with van der Waals surface area (Å²) in [6, 6.07) is 10.7. The standard InChI is InChI=1S/C14H13Br2NO2S/c1-9-4-3-5-10(2)14(9)17-20(18,19)13-8-11(15)6-7-12(13)16/h3-8,17H,1-2H3. The molecule has 0 unspecified atom stereocenters.